The van der Waals surface area contributed by atoms with E-state index >= 15 is 0 Å². The van der Waals surface area contributed by atoms with Crippen LogP contribution in [0.1, 0.15) is 37.7 Å². The van der Waals surface area contributed by atoms with Crippen molar-refractivity contribution in [3.05, 3.63) is 29.8 Å². The maximum absolute atomic E-state index is 12.4. The first-order chi connectivity index (χ1) is 14.6. The average molecular weight is 412 g/mol. The lowest BCUT2D eigenvalue weighted by molar-refractivity contribution is -0.149. The summed E-state index contributed by atoms with van der Waals surface area (Å²) in [7, 11) is 1.50. The van der Waals surface area contributed by atoms with Crippen LogP contribution in [0.15, 0.2) is 24.3 Å². The van der Waals surface area contributed by atoms with Crippen LogP contribution < -0.4 is 9.47 Å². The van der Waals surface area contributed by atoms with Crippen LogP contribution in [-0.2, 0) is 14.3 Å². The van der Waals surface area contributed by atoms with Gasteiger partial charge in [0.15, 0.2) is 24.7 Å². The molecule has 7 heteroatoms. The Bertz CT molecular complexity index is 829. The van der Waals surface area contributed by atoms with Gasteiger partial charge in [0.2, 0.25) is 0 Å². The van der Waals surface area contributed by atoms with E-state index in [4.69, 9.17) is 19.5 Å². The Morgan fingerprint density at radius 3 is 2.77 bits per heavy atom. The number of fused-ring (bicyclic) bond motifs is 1. The van der Waals surface area contributed by atoms with Crippen molar-refractivity contribution >= 4 is 18.0 Å². The number of carbonyl (C=O) groups is 2. The molecule has 1 aliphatic carbocycles. The van der Waals surface area contributed by atoms with E-state index in [0.29, 0.717) is 23.0 Å². The third kappa shape index (κ3) is 5.76. The van der Waals surface area contributed by atoms with Gasteiger partial charge >= 0.3 is 5.97 Å². The Morgan fingerprint density at radius 2 is 2.00 bits per heavy atom. The van der Waals surface area contributed by atoms with E-state index < -0.39 is 5.97 Å². The summed E-state index contributed by atoms with van der Waals surface area (Å²) >= 11 is 0. The second-order valence-corrected chi connectivity index (χ2v) is 7.73. The summed E-state index contributed by atoms with van der Waals surface area (Å²) < 4.78 is 15.6. The minimum absolute atomic E-state index is 0.0790. The van der Waals surface area contributed by atoms with Gasteiger partial charge in [-0.25, -0.2) is 4.79 Å². The highest BCUT2D eigenvalue weighted by Crippen LogP contribution is 2.36. The Morgan fingerprint density at radius 1 is 1.20 bits per heavy atom. The number of nitrogens with zero attached hydrogens (tertiary/aromatic N) is 2. The molecule has 3 rings (SSSR count). The van der Waals surface area contributed by atoms with Crippen LogP contribution >= 0.6 is 0 Å². The standard InChI is InChI=1S/C23H28N2O5/c1-28-21-14-17(6-8-20(21)29-13-11-24)7-9-23(27)30-16-22(26)25-12-10-18-4-2-3-5-19(18)15-25/h6-9,14,18-19H,2-5,10,12-13,15-16H2,1H3/b9-7+/t18-,19+/m0/s1. The van der Waals surface area contributed by atoms with E-state index in [2.05, 4.69) is 0 Å². The van der Waals surface area contributed by atoms with E-state index in [9.17, 15) is 9.59 Å². The largest absolute Gasteiger partial charge is 0.493 e. The van der Waals surface area contributed by atoms with Crippen LogP contribution in [0.25, 0.3) is 6.08 Å². The van der Waals surface area contributed by atoms with Crippen LogP contribution in [0.3, 0.4) is 0 Å². The Kier molecular flexibility index (Phi) is 7.72. The number of esters is 1. The summed E-state index contributed by atoms with van der Waals surface area (Å²) in [5.41, 5.74) is 0.707. The lowest BCUT2D eigenvalue weighted by Gasteiger charge is -2.41. The predicted octanol–water partition coefficient (Wildman–Crippen LogP) is 3.19. The Balaban J connectivity index is 1.47. The molecule has 160 valence electrons. The van der Waals surface area contributed by atoms with E-state index in [1.54, 1.807) is 24.3 Å². The van der Waals surface area contributed by atoms with Gasteiger partial charge in [0.1, 0.15) is 6.07 Å². The summed E-state index contributed by atoms with van der Waals surface area (Å²) in [6.45, 7) is 1.24. The zero-order valence-electron chi connectivity index (χ0n) is 17.3. The van der Waals surface area contributed by atoms with Crippen molar-refractivity contribution < 1.29 is 23.8 Å². The molecule has 7 nitrogen and oxygen atoms in total. The fourth-order valence-corrected chi connectivity index (χ4v) is 4.28. The van der Waals surface area contributed by atoms with Gasteiger partial charge in [-0.3, -0.25) is 4.79 Å². The van der Waals surface area contributed by atoms with Gasteiger partial charge in [-0.2, -0.15) is 5.26 Å². The first-order valence-electron chi connectivity index (χ1n) is 10.4. The molecule has 1 saturated carbocycles. The number of carbonyl (C=O) groups excluding carboxylic acids is 2. The minimum atomic E-state index is -0.570. The maximum Gasteiger partial charge on any atom is 0.331 e. The first-order valence-corrected chi connectivity index (χ1v) is 10.4. The highest BCUT2D eigenvalue weighted by molar-refractivity contribution is 5.89. The number of benzene rings is 1. The maximum atomic E-state index is 12.4. The van der Waals surface area contributed by atoms with Crippen molar-refractivity contribution in [1.29, 1.82) is 5.26 Å². The molecule has 1 saturated heterocycles. The second-order valence-electron chi connectivity index (χ2n) is 7.73. The third-order valence-electron chi connectivity index (χ3n) is 5.87. The highest BCUT2D eigenvalue weighted by atomic mass is 16.5. The van der Waals surface area contributed by atoms with Gasteiger partial charge < -0.3 is 19.1 Å². The van der Waals surface area contributed by atoms with Gasteiger partial charge in [0, 0.05) is 19.2 Å². The number of ether oxygens (including phenoxy) is 3. The van der Waals surface area contributed by atoms with Gasteiger partial charge in [-0.15, -0.1) is 0 Å². The molecule has 30 heavy (non-hydrogen) atoms. The van der Waals surface area contributed by atoms with Gasteiger partial charge in [0.25, 0.3) is 5.91 Å². The van der Waals surface area contributed by atoms with Crippen molar-refractivity contribution in [1.82, 2.24) is 4.90 Å². The lowest BCUT2D eigenvalue weighted by atomic mass is 9.75. The van der Waals surface area contributed by atoms with Crippen molar-refractivity contribution in [2.24, 2.45) is 11.8 Å². The number of hydrogen-bond donors (Lipinski definition) is 0. The van der Waals surface area contributed by atoms with Crippen molar-refractivity contribution in [3.8, 4) is 17.6 Å². The van der Waals surface area contributed by atoms with Gasteiger partial charge in [-0.05, 0) is 48.4 Å². The van der Waals surface area contributed by atoms with Crippen LogP contribution in [0.5, 0.6) is 11.5 Å². The van der Waals surface area contributed by atoms with Crippen molar-refractivity contribution in [2.45, 2.75) is 32.1 Å². The van der Waals surface area contributed by atoms with E-state index in [1.165, 1.54) is 38.9 Å². The SMILES string of the molecule is COc1cc(/C=C/C(=O)OCC(=O)N2CC[C@@H]3CCCC[C@@H]3C2)ccc1OCC#N. The normalized spacial score (nSPS) is 20.9. The number of methoxy groups -OCH3 is 1. The van der Waals surface area contributed by atoms with Crippen LogP contribution in [0.4, 0.5) is 0 Å². The molecular weight excluding hydrogens is 384 g/mol. The van der Waals surface area contributed by atoms with E-state index in [0.717, 1.165) is 25.4 Å². The number of piperidine rings is 1. The van der Waals surface area contributed by atoms with Gasteiger partial charge in [-0.1, -0.05) is 25.3 Å². The first kappa shape index (κ1) is 21.7. The molecule has 0 N–H and O–H groups in total. The monoisotopic (exact) mass is 412 g/mol. The third-order valence-corrected chi connectivity index (χ3v) is 5.87. The molecule has 1 amide bonds. The molecule has 0 aromatic heterocycles. The molecular formula is C23H28N2O5. The fraction of sp³-hybridized carbons (Fsp3) is 0.522. The number of nitriles is 1. The zero-order chi connectivity index (χ0) is 21.3. The van der Waals surface area contributed by atoms with E-state index in [1.807, 2.05) is 11.0 Å². The molecule has 1 aromatic rings. The summed E-state index contributed by atoms with van der Waals surface area (Å²) in [5.74, 6) is 1.57. The van der Waals surface area contributed by atoms with Crippen LogP contribution in [-0.4, -0.2) is 50.2 Å². The zero-order valence-corrected chi connectivity index (χ0v) is 17.3. The fourth-order valence-electron chi connectivity index (χ4n) is 4.28. The number of amides is 1. The van der Waals surface area contributed by atoms with Crippen molar-refractivity contribution in [2.75, 3.05) is 33.4 Å². The summed E-state index contributed by atoms with van der Waals surface area (Å²) in [6.07, 6.45) is 8.95. The predicted molar refractivity (Wildman–Crippen MR) is 111 cm³/mol. The summed E-state index contributed by atoms with van der Waals surface area (Å²) in [6, 6.07) is 6.99. The highest BCUT2D eigenvalue weighted by Gasteiger charge is 2.32. The number of hydrogen-bond acceptors (Lipinski definition) is 6. The smallest absolute Gasteiger partial charge is 0.331 e. The summed E-state index contributed by atoms with van der Waals surface area (Å²) in [4.78, 5) is 26.3. The average Bonchev–Trinajstić information content (AvgIpc) is 2.79. The molecule has 2 fully saturated rings. The van der Waals surface area contributed by atoms with Gasteiger partial charge in [0.05, 0.1) is 7.11 Å². The molecule has 2 aliphatic rings. The lowest BCUT2D eigenvalue weighted by Crippen LogP contribution is -2.46. The Labute approximate surface area is 177 Å². The minimum Gasteiger partial charge on any atom is -0.493 e. The molecule has 0 bridgehead atoms. The molecule has 1 aromatic carbocycles. The molecule has 0 radical (unpaired) electrons. The Hall–Kier alpha value is -3.01. The molecule has 2 atom stereocenters. The topological polar surface area (TPSA) is 88.9 Å². The molecule has 0 unspecified atom stereocenters. The second kappa shape index (κ2) is 10.7. The van der Waals surface area contributed by atoms with Crippen molar-refractivity contribution in [3.63, 3.8) is 0 Å². The summed E-state index contributed by atoms with van der Waals surface area (Å²) in [5, 5.41) is 8.61. The molecule has 1 aliphatic heterocycles. The number of rotatable bonds is 7. The van der Waals surface area contributed by atoms with Crippen LogP contribution in [0, 0.1) is 23.2 Å². The quantitative estimate of drug-likeness (QED) is 0.505. The number of likely N-dealkylation sites (tertiary alicyclic amines) is 1. The van der Waals surface area contributed by atoms with Crippen LogP contribution in [0.2, 0.25) is 0 Å². The van der Waals surface area contributed by atoms with E-state index in [-0.39, 0.29) is 19.1 Å². The molecule has 1 heterocycles. The molecule has 0 spiro atoms.